The van der Waals surface area contributed by atoms with E-state index in [4.69, 9.17) is 4.74 Å². The van der Waals surface area contributed by atoms with Gasteiger partial charge in [-0.3, -0.25) is 19.7 Å². The van der Waals surface area contributed by atoms with Gasteiger partial charge >= 0.3 is 5.97 Å². The van der Waals surface area contributed by atoms with Crippen molar-refractivity contribution in [2.75, 3.05) is 6.61 Å². The van der Waals surface area contributed by atoms with Crippen LogP contribution in [-0.2, 0) is 14.3 Å². The molecule has 138 valence electrons. The molecule has 0 unspecified atom stereocenters. The van der Waals surface area contributed by atoms with Gasteiger partial charge in [0.1, 0.15) is 0 Å². The van der Waals surface area contributed by atoms with Crippen LogP contribution in [0.25, 0.3) is 0 Å². The largest absolute Gasteiger partial charge is 0.466 e. The third kappa shape index (κ3) is 2.94. The van der Waals surface area contributed by atoms with Gasteiger partial charge < -0.3 is 9.84 Å². The minimum absolute atomic E-state index is 0.0589. The van der Waals surface area contributed by atoms with Gasteiger partial charge in [-0.1, -0.05) is 12.1 Å². The molecule has 9 nitrogen and oxygen atoms in total. The number of nitrogens with one attached hydrogen (secondary N) is 1. The minimum Gasteiger partial charge on any atom is -0.466 e. The molecular formula is C17H19N3O6. The number of benzene rings is 1. The van der Waals surface area contributed by atoms with E-state index in [0.29, 0.717) is 11.3 Å². The summed E-state index contributed by atoms with van der Waals surface area (Å²) in [6.45, 7) is 3.30. The number of esters is 1. The highest BCUT2D eigenvalue weighted by Crippen LogP contribution is 2.47. The number of hydrazone groups is 1. The zero-order valence-electron chi connectivity index (χ0n) is 14.3. The highest BCUT2D eigenvalue weighted by molar-refractivity contribution is 6.10. The Hall–Kier alpha value is -2.81. The Morgan fingerprint density at radius 3 is 2.69 bits per heavy atom. The molecule has 9 heteroatoms. The maximum Gasteiger partial charge on any atom is 0.312 e. The normalized spacial score (nSPS) is 30.2. The Morgan fingerprint density at radius 2 is 2.12 bits per heavy atom. The highest BCUT2D eigenvalue weighted by atomic mass is 16.6. The second-order valence-corrected chi connectivity index (χ2v) is 6.69. The minimum atomic E-state index is -1.47. The molecule has 0 radical (unpaired) electrons. The quantitative estimate of drug-likeness (QED) is 0.469. The smallest absolute Gasteiger partial charge is 0.312 e. The Balaban J connectivity index is 2.10. The summed E-state index contributed by atoms with van der Waals surface area (Å²) in [4.78, 5) is 35.3. The third-order valence-corrected chi connectivity index (χ3v) is 4.91. The number of ether oxygens (including phenoxy) is 1. The van der Waals surface area contributed by atoms with E-state index in [0.717, 1.165) is 0 Å². The van der Waals surface area contributed by atoms with E-state index < -0.39 is 34.2 Å². The van der Waals surface area contributed by atoms with E-state index in [1.54, 1.807) is 6.92 Å². The summed E-state index contributed by atoms with van der Waals surface area (Å²) in [5, 5.41) is 25.8. The second kappa shape index (κ2) is 6.49. The van der Waals surface area contributed by atoms with Gasteiger partial charge in [-0.2, -0.15) is 5.10 Å². The number of hydrogen-bond donors (Lipinski definition) is 2. The van der Waals surface area contributed by atoms with Crippen LogP contribution in [0.5, 0.6) is 0 Å². The van der Waals surface area contributed by atoms with Crippen LogP contribution in [0.15, 0.2) is 29.4 Å². The summed E-state index contributed by atoms with van der Waals surface area (Å²) >= 11 is 0. The lowest BCUT2D eigenvalue weighted by molar-refractivity contribution is -0.384. The van der Waals surface area contributed by atoms with E-state index >= 15 is 0 Å². The van der Waals surface area contributed by atoms with Gasteiger partial charge in [-0.15, -0.1) is 0 Å². The van der Waals surface area contributed by atoms with Gasteiger partial charge in [-0.25, -0.2) is 5.43 Å². The predicted molar refractivity (Wildman–Crippen MR) is 90.3 cm³/mol. The van der Waals surface area contributed by atoms with Crippen LogP contribution in [-0.4, -0.2) is 39.8 Å². The third-order valence-electron chi connectivity index (χ3n) is 4.91. The van der Waals surface area contributed by atoms with Crippen LogP contribution in [0.3, 0.4) is 0 Å². The fourth-order valence-corrected chi connectivity index (χ4v) is 3.83. The van der Waals surface area contributed by atoms with Crippen molar-refractivity contribution >= 4 is 23.3 Å². The lowest BCUT2D eigenvalue weighted by Gasteiger charge is -2.43. The maximum atomic E-state index is 12.6. The zero-order valence-corrected chi connectivity index (χ0v) is 14.3. The molecule has 0 spiro atoms. The fourth-order valence-electron chi connectivity index (χ4n) is 3.83. The Labute approximate surface area is 149 Å². The molecule has 26 heavy (non-hydrogen) atoms. The van der Waals surface area contributed by atoms with Crippen molar-refractivity contribution in [3.63, 3.8) is 0 Å². The van der Waals surface area contributed by atoms with Gasteiger partial charge in [-0.05, 0) is 19.4 Å². The number of nitro benzene ring substituents is 1. The predicted octanol–water partition coefficient (Wildman–Crippen LogP) is 1.11. The van der Waals surface area contributed by atoms with Crippen molar-refractivity contribution < 1.29 is 24.4 Å². The van der Waals surface area contributed by atoms with Gasteiger partial charge in [0.2, 0.25) is 5.91 Å². The first-order chi connectivity index (χ1) is 12.3. The molecule has 1 aromatic carbocycles. The average molecular weight is 361 g/mol. The van der Waals surface area contributed by atoms with Crippen molar-refractivity contribution in [2.24, 2.45) is 16.9 Å². The lowest BCUT2D eigenvalue weighted by atomic mass is 9.61. The van der Waals surface area contributed by atoms with E-state index in [1.807, 2.05) is 0 Å². The topological polar surface area (TPSA) is 131 Å². The lowest BCUT2D eigenvalue weighted by Crippen LogP contribution is -2.54. The molecule has 1 aliphatic heterocycles. The molecule has 1 saturated carbocycles. The highest BCUT2D eigenvalue weighted by Gasteiger charge is 2.57. The number of nitrogens with zero attached hydrogens (tertiary/aromatic N) is 2. The van der Waals surface area contributed by atoms with Crippen molar-refractivity contribution in [3.05, 3.63) is 39.9 Å². The van der Waals surface area contributed by atoms with E-state index in [1.165, 1.54) is 31.2 Å². The van der Waals surface area contributed by atoms with Crippen molar-refractivity contribution in [2.45, 2.75) is 31.8 Å². The number of aliphatic hydroxyl groups is 1. The molecule has 0 aromatic heterocycles. The van der Waals surface area contributed by atoms with E-state index in [2.05, 4.69) is 10.5 Å². The Kier molecular flexibility index (Phi) is 4.49. The second-order valence-electron chi connectivity index (χ2n) is 6.69. The van der Waals surface area contributed by atoms with Gasteiger partial charge in [0.15, 0.2) is 0 Å². The number of carbonyl (C=O) groups excluding carboxylic acids is 2. The average Bonchev–Trinajstić information content (AvgIpc) is 2.93. The number of non-ortho nitro benzene ring substituents is 1. The van der Waals surface area contributed by atoms with Crippen LogP contribution in [0, 0.1) is 22.0 Å². The molecule has 0 bridgehead atoms. The van der Waals surface area contributed by atoms with Crippen molar-refractivity contribution in [1.29, 1.82) is 0 Å². The van der Waals surface area contributed by atoms with Crippen LogP contribution in [0.2, 0.25) is 0 Å². The van der Waals surface area contributed by atoms with Crippen LogP contribution in [0.4, 0.5) is 5.69 Å². The maximum absolute atomic E-state index is 12.6. The van der Waals surface area contributed by atoms with E-state index in [9.17, 15) is 24.8 Å². The summed E-state index contributed by atoms with van der Waals surface area (Å²) in [6, 6.07) is 5.62. The molecule has 1 aromatic rings. The summed E-state index contributed by atoms with van der Waals surface area (Å²) < 4.78 is 5.14. The fraction of sp³-hybridized carbons (Fsp3) is 0.471. The molecule has 3 rings (SSSR count). The molecule has 4 atom stereocenters. The van der Waals surface area contributed by atoms with Crippen molar-refractivity contribution in [1.82, 2.24) is 5.43 Å². The van der Waals surface area contributed by atoms with Crippen LogP contribution in [0.1, 0.15) is 31.7 Å². The standard InChI is InChI=1S/C17H19N3O6/c1-3-26-16(22)14-12(9-4-6-10(7-5-9)20(24)25)13-11(8-17(14,2)23)18-19-15(13)21/h4-7,12-14,23H,3,8H2,1-2H3,(H,19,21)/t12-,13-,14-,17+/m0/s1. The SMILES string of the molecule is CCOC(=O)[C@@H]1[C@@H](c2ccc([N+](=O)[O-])cc2)[C@H]2C(=O)NN=C2C[C@@]1(C)O. The Morgan fingerprint density at radius 1 is 1.46 bits per heavy atom. The monoisotopic (exact) mass is 361 g/mol. The number of fused-ring (bicyclic) bond motifs is 1. The first kappa shape index (κ1) is 18.0. The van der Waals surface area contributed by atoms with Gasteiger partial charge in [0, 0.05) is 24.5 Å². The molecular weight excluding hydrogens is 342 g/mol. The molecule has 1 amide bonds. The van der Waals surface area contributed by atoms with E-state index in [-0.39, 0.29) is 24.6 Å². The summed E-state index contributed by atoms with van der Waals surface area (Å²) in [6.07, 6.45) is 0.0589. The molecule has 1 aliphatic carbocycles. The number of amides is 1. The van der Waals surface area contributed by atoms with Gasteiger partial charge in [0.25, 0.3) is 5.69 Å². The summed E-state index contributed by atoms with van der Waals surface area (Å²) in [7, 11) is 0. The molecule has 2 N–H and O–H groups in total. The van der Waals surface area contributed by atoms with Crippen LogP contribution < -0.4 is 5.43 Å². The van der Waals surface area contributed by atoms with Crippen molar-refractivity contribution in [3.8, 4) is 0 Å². The number of nitro groups is 1. The Bertz CT molecular complexity index is 786. The first-order valence-corrected chi connectivity index (χ1v) is 8.26. The number of hydrogen-bond acceptors (Lipinski definition) is 7. The summed E-state index contributed by atoms with van der Waals surface area (Å²) in [5.41, 5.74) is 1.82. The number of rotatable bonds is 4. The summed E-state index contributed by atoms with van der Waals surface area (Å²) in [5.74, 6) is -3.45. The first-order valence-electron chi connectivity index (χ1n) is 8.26. The molecule has 2 aliphatic rings. The molecule has 1 heterocycles. The van der Waals surface area contributed by atoms with Gasteiger partial charge in [0.05, 0.1) is 34.7 Å². The molecule has 1 fully saturated rings. The van der Waals surface area contributed by atoms with Crippen LogP contribution >= 0.6 is 0 Å². The molecule has 0 saturated heterocycles. The number of carbonyl (C=O) groups is 2. The zero-order chi connectivity index (χ0) is 19.1.